The zero-order valence-electron chi connectivity index (χ0n) is 9.39. The summed E-state index contributed by atoms with van der Waals surface area (Å²) in [5, 5.41) is 0. The summed E-state index contributed by atoms with van der Waals surface area (Å²) in [7, 11) is 0. The van der Waals surface area contributed by atoms with E-state index in [4.69, 9.17) is 5.73 Å². The molecule has 0 saturated heterocycles. The Morgan fingerprint density at radius 3 is 2.71 bits per heavy atom. The van der Waals surface area contributed by atoms with Crippen molar-refractivity contribution in [1.82, 2.24) is 3.53 Å². The fraction of sp³-hybridized carbons (Fsp3) is 0.818. The average molecular weight is 309 g/mol. The molecule has 3 N–H and O–H groups in total. The van der Waals surface area contributed by atoms with E-state index in [0.717, 1.165) is 17.5 Å². The van der Waals surface area contributed by atoms with Crippen LogP contribution in [0.25, 0.3) is 0 Å². The van der Waals surface area contributed by atoms with Crippen LogP contribution in [0.15, 0.2) is 12.3 Å². The first-order valence-electron chi connectivity index (χ1n) is 5.26. The van der Waals surface area contributed by atoms with Gasteiger partial charge in [-0.25, -0.2) is 0 Å². The van der Waals surface area contributed by atoms with Gasteiger partial charge in [0, 0.05) is 0 Å². The first-order chi connectivity index (χ1) is 6.57. The van der Waals surface area contributed by atoms with Crippen molar-refractivity contribution in [2.24, 2.45) is 23.5 Å². The molecular formula is C11H22IN2-. The zero-order chi connectivity index (χ0) is 10.7. The van der Waals surface area contributed by atoms with E-state index in [1.54, 1.807) is 0 Å². The van der Waals surface area contributed by atoms with Crippen LogP contribution in [-0.4, -0.2) is 11.0 Å². The van der Waals surface area contributed by atoms with Crippen LogP contribution in [-0.2, 0) is 0 Å². The van der Waals surface area contributed by atoms with E-state index in [2.05, 4.69) is 28.9 Å². The molecule has 0 aromatic rings. The van der Waals surface area contributed by atoms with E-state index in [1.165, 1.54) is 12.8 Å². The Balaban J connectivity index is 2.18. The average Bonchev–Trinajstić information content (AvgIpc) is 2.74. The molecule has 0 aromatic heterocycles. The van der Waals surface area contributed by atoms with Gasteiger partial charge in [-0.1, -0.05) is 0 Å². The Morgan fingerprint density at radius 1 is 1.64 bits per heavy atom. The molecule has 3 heteroatoms. The van der Waals surface area contributed by atoms with Crippen molar-refractivity contribution in [3.8, 4) is 0 Å². The van der Waals surface area contributed by atoms with E-state index in [9.17, 15) is 0 Å². The van der Waals surface area contributed by atoms with Crippen molar-refractivity contribution < 1.29 is 21.5 Å². The van der Waals surface area contributed by atoms with E-state index in [-0.39, 0.29) is 21.5 Å². The van der Waals surface area contributed by atoms with Gasteiger partial charge >= 0.3 is 98.4 Å². The van der Waals surface area contributed by atoms with Crippen LogP contribution < -0.4 is 30.7 Å². The van der Waals surface area contributed by atoms with Gasteiger partial charge in [-0.3, -0.25) is 0 Å². The van der Waals surface area contributed by atoms with Crippen molar-refractivity contribution in [1.29, 1.82) is 0 Å². The topological polar surface area (TPSA) is 38.0 Å². The standard InChI is InChI=1S/C11H22IN2/c1-7(14-12-4)5-6-10-8(2)11(10)9(3)13/h7-8,10-11,14H,3,5-6,13H2,1-2,4H3/q-1/t7-,8-,10+,11+/m1/s1. The van der Waals surface area contributed by atoms with Gasteiger partial charge in [0.1, 0.15) is 0 Å². The second-order valence-electron chi connectivity index (χ2n) is 4.40. The quantitative estimate of drug-likeness (QED) is 0.365. The van der Waals surface area contributed by atoms with Crippen LogP contribution in [0.4, 0.5) is 0 Å². The zero-order valence-corrected chi connectivity index (χ0v) is 11.5. The predicted molar refractivity (Wildman–Crippen MR) is 57.2 cm³/mol. The third-order valence-corrected chi connectivity index (χ3v) is 4.90. The summed E-state index contributed by atoms with van der Waals surface area (Å²) in [6.45, 7) is 8.42. The van der Waals surface area contributed by atoms with Crippen molar-refractivity contribution in [3.05, 3.63) is 12.3 Å². The van der Waals surface area contributed by atoms with Gasteiger partial charge in [0.05, 0.1) is 0 Å². The molecule has 2 nitrogen and oxygen atoms in total. The van der Waals surface area contributed by atoms with Crippen molar-refractivity contribution in [3.63, 3.8) is 0 Å². The first kappa shape index (κ1) is 12.3. The predicted octanol–water partition coefficient (Wildman–Crippen LogP) is -1.27. The van der Waals surface area contributed by atoms with Gasteiger partial charge in [0.15, 0.2) is 0 Å². The Bertz CT molecular complexity index is 205. The third kappa shape index (κ3) is 3.12. The Labute approximate surface area is 98.3 Å². The summed E-state index contributed by atoms with van der Waals surface area (Å²) in [6.07, 6.45) is 2.59. The van der Waals surface area contributed by atoms with Gasteiger partial charge in [-0.15, -0.1) is 0 Å². The molecule has 0 amide bonds. The van der Waals surface area contributed by atoms with Crippen molar-refractivity contribution in [2.75, 3.05) is 4.93 Å². The fourth-order valence-electron chi connectivity index (χ4n) is 2.28. The van der Waals surface area contributed by atoms with Gasteiger partial charge in [-0.05, 0) is 0 Å². The molecule has 0 heterocycles. The van der Waals surface area contributed by atoms with Gasteiger partial charge in [0.2, 0.25) is 0 Å². The fourth-order valence-corrected chi connectivity index (χ4v) is 3.66. The molecule has 84 valence electrons. The molecule has 0 bridgehead atoms. The molecule has 1 aliphatic rings. The second kappa shape index (κ2) is 5.35. The van der Waals surface area contributed by atoms with Crippen LogP contribution in [0.3, 0.4) is 0 Å². The van der Waals surface area contributed by atoms with Crippen molar-refractivity contribution in [2.45, 2.75) is 32.7 Å². The Hall–Kier alpha value is 0.230. The van der Waals surface area contributed by atoms with Crippen LogP contribution in [0.1, 0.15) is 26.7 Å². The number of rotatable bonds is 6. The molecule has 1 fully saturated rings. The van der Waals surface area contributed by atoms with Crippen LogP contribution in [0.2, 0.25) is 0 Å². The van der Waals surface area contributed by atoms with E-state index in [1.807, 2.05) is 0 Å². The van der Waals surface area contributed by atoms with Crippen LogP contribution in [0, 0.1) is 17.8 Å². The number of allylic oxidation sites excluding steroid dienone is 1. The van der Waals surface area contributed by atoms with E-state index < -0.39 is 0 Å². The minimum atomic E-state index is 0.228. The minimum absolute atomic E-state index is 0.228. The second-order valence-corrected chi connectivity index (χ2v) is 6.10. The Morgan fingerprint density at radius 2 is 2.29 bits per heavy atom. The summed E-state index contributed by atoms with van der Waals surface area (Å²) < 4.78 is 3.54. The molecule has 4 atom stereocenters. The molecule has 0 unspecified atom stereocenters. The van der Waals surface area contributed by atoms with Crippen LogP contribution in [0.5, 0.6) is 0 Å². The first-order valence-corrected chi connectivity index (χ1v) is 8.49. The molecular weight excluding hydrogens is 287 g/mol. The molecule has 0 spiro atoms. The van der Waals surface area contributed by atoms with Gasteiger partial charge in [-0.2, -0.15) is 0 Å². The molecule has 0 aromatic carbocycles. The maximum atomic E-state index is 5.74. The number of hydrogen-bond acceptors (Lipinski definition) is 2. The monoisotopic (exact) mass is 309 g/mol. The summed E-state index contributed by atoms with van der Waals surface area (Å²) in [5.74, 6) is 2.20. The molecule has 14 heavy (non-hydrogen) atoms. The van der Waals surface area contributed by atoms with Gasteiger partial charge < -0.3 is 0 Å². The summed E-state index contributed by atoms with van der Waals surface area (Å²) >= 11 is 0.228. The molecule has 0 aliphatic heterocycles. The van der Waals surface area contributed by atoms with E-state index in [0.29, 0.717) is 12.0 Å². The number of alkyl halides is 1. The number of halogens is 1. The van der Waals surface area contributed by atoms with Crippen LogP contribution >= 0.6 is 0 Å². The normalized spacial score (nSPS) is 32.9. The summed E-state index contributed by atoms with van der Waals surface area (Å²) in [6, 6.07) is 0.687. The number of nitrogens with one attached hydrogen (secondary N) is 1. The van der Waals surface area contributed by atoms with Crippen molar-refractivity contribution >= 4 is 0 Å². The summed E-state index contributed by atoms with van der Waals surface area (Å²) in [4.78, 5) is 2.26. The molecule has 1 saturated carbocycles. The SMILES string of the molecule is C=C(N)[C@@H]1[C@H](C)[C@@H]1CC[C@@H](C)N[I-]C. The Kier molecular flexibility index (Phi) is 4.70. The van der Waals surface area contributed by atoms with E-state index >= 15 is 0 Å². The third-order valence-electron chi connectivity index (χ3n) is 3.22. The summed E-state index contributed by atoms with van der Waals surface area (Å²) in [5.41, 5.74) is 6.63. The number of hydrogen-bond donors (Lipinski definition) is 2. The number of nitrogens with two attached hydrogens (primary N) is 1. The molecule has 1 aliphatic carbocycles. The molecule has 1 rings (SSSR count). The van der Waals surface area contributed by atoms with Gasteiger partial charge in [0.25, 0.3) is 0 Å². The maximum absolute atomic E-state index is 5.74. The molecule has 0 radical (unpaired) electrons.